The molecule has 3 heteroatoms. The summed E-state index contributed by atoms with van der Waals surface area (Å²) in [6.07, 6.45) is 3.97. The first-order valence-electron chi connectivity index (χ1n) is 7.33. The van der Waals surface area contributed by atoms with E-state index in [1.54, 1.807) is 0 Å². The van der Waals surface area contributed by atoms with Crippen LogP contribution in [0.1, 0.15) is 45.6 Å². The Bertz CT molecular complexity index is 582. The van der Waals surface area contributed by atoms with Crippen LogP contribution in [0.3, 0.4) is 0 Å². The quantitative estimate of drug-likeness (QED) is 0.831. The van der Waals surface area contributed by atoms with E-state index in [0.29, 0.717) is 16.9 Å². The van der Waals surface area contributed by atoms with Crippen LogP contribution in [0.2, 0.25) is 0 Å². The van der Waals surface area contributed by atoms with Crippen molar-refractivity contribution >= 4 is 21.6 Å². The number of nitrogens with zero attached hydrogens (tertiary/aromatic N) is 1. The Kier molecular flexibility index (Phi) is 3.14. The number of nitrogens with one attached hydrogen (secondary N) is 1. The van der Waals surface area contributed by atoms with Gasteiger partial charge >= 0.3 is 0 Å². The van der Waals surface area contributed by atoms with Crippen LogP contribution in [0.15, 0.2) is 22.7 Å². The Morgan fingerprint density at radius 1 is 1.35 bits per heavy atom. The summed E-state index contributed by atoms with van der Waals surface area (Å²) in [6, 6.07) is 8.58. The van der Waals surface area contributed by atoms with Gasteiger partial charge in [-0.1, -0.05) is 36.7 Å². The van der Waals surface area contributed by atoms with Gasteiger partial charge in [-0.15, -0.1) is 0 Å². The lowest BCUT2D eigenvalue weighted by molar-refractivity contribution is 0.155. The van der Waals surface area contributed by atoms with E-state index in [0.717, 1.165) is 21.6 Å². The first kappa shape index (κ1) is 13.9. The van der Waals surface area contributed by atoms with Gasteiger partial charge in [-0.3, -0.25) is 0 Å². The normalized spacial score (nSPS) is 34.0. The molecule has 0 aromatic heterocycles. The van der Waals surface area contributed by atoms with E-state index in [4.69, 9.17) is 0 Å². The highest BCUT2D eigenvalue weighted by Crippen LogP contribution is 2.63. The molecule has 0 amide bonds. The highest BCUT2D eigenvalue weighted by atomic mass is 79.9. The SMILES string of the molecule is CC12CCC(C1)C(C)(C)C2Nc1cc(Br)ccc1C#N. The van der Waals surface area contributed by atoms with Gasteiger partial charge in [0.15, 0.2) is 0 Å². The molecule has 2 saturated carbocycles. The van der Waals surface area contributed by atoms with Gasteiger partial charge in [0.05, 0.1) is 11.3 Å². The number of nitriles is 1. The first-order chi connectivity index (χ1) is 9.37. The zero-order valence-corrected chi connectivity index (χ0v) is 13.9. The molecule has 3 atom stereocenters. The van der Waals surface area contributed by atoms with E-state index in [2.05, 4.69) is 48.1 Å². The minimum atomic E-state index is 0.294. The molecule has 3 unspecified atom stereocenters. The summed E-state index contributed by atoms with van der Waals surface area (Å²) in [5.41, 5.74) is 2.36. The summed E-state index contributed by atoms with van der Waals surface area (Å²) in [7, 11) is 0. The lowest BCUT2D eigenvalue weighted by Gasteiger charge is -2.43. The molecular formula is C17H21BrN2. The van der Waals surface area contributed by atoms with Crippen molar-refractivity contribution in [1.82, 2.24) is 0 Å². The van der Waals surface area contributed by atoms with Gasteiger partial charge in [0.25, 0.3) is 0 Å². The van der Waals surface area contributed by atoms with E-state index in [1.165, 1.54) is 19.3 Å². The lowest BCUT2D eigenvalue weighted by atomic mass is 9.68. The van der Waals surface area contributed by atoms with Crippen LogP contribution in [-0.2, 0) is 0 Å². The maximum Gasteiger partial charge on any atom is 0.101 e. The van der Waals surface area contributed by atoms with Crippen LogP contribution in [0.5, 0.6) is 0 Å². The maximum absolute atomic E-state index is 9.30. The van der Waals surface area contributed by atoms with Crippen molar-refractivity contribution in [2.24, 2.45) is 16.7 Å². The molecule has 20 heavy (non-hydrogen) atoms. The Morgan fingerprint density at radius 2 is 2.10 bits per heavy atom. The standard InChI is InChI=1S/C17H21BrN2/c1-16(2)12-6-7-17(3,9-12)15(16)20-14-8-13(18)5-4-11(14)10-19/h4-5,8,12,15,20H,6-7,9H2,1-3H3. The van der Waals surface area contributed by atoms with E-state index in [9.17, 15) is 5.26 Å². The van der Waals surface area contributed by atoms with Crippen LogP contribution < -0.4 is 5.32 Å². The highest BCUT2D eigenvalue weighted by molar-refractivity contribution is 9.10. The Morgan fingerprint density at radius 3 is 2.70 bits per heavy atom. The predicted molar refractivity (Wildman–Crippen MR) is 85.5 cm³/mol. The third-order valence-electron chi connectivity index (χ3n) is 5.67. The monoisotopic (exact) mass is 332 g/mol. The van der Waals surface area contributed by atoms with Crippen molar-refractivity contribution in [1.29, 1.82) is 5.26 Å². The van der Waals surface area contributed by atoms with Gasteiger partial charge in [-0.25, -0.2) is 0 Å². The molecule has 2 bridgehead atoms. The largest absolute Gasteiger partial charge is 0.380 e. The number of anilines is 1. The number of rotatable bonds is 2. The number of fused-ring (bicyclic) bond motifs is 2. The first-order valence-corrected chi connectivity index (χ1v) is 8.12. The molecule has 0 radical (unpaired) electrons. The van der Waals surface area contributed by atoms with Crippen LogP contribution in [0, 0.1) is 28.1 Å². The number of halogens is 1. The minimum Gasteiger partial charge on any atom is -0.380 e. The fraction of sp³-hybridized carbons (Fsp3) is 0.588. The third-order valence-corrected chi connectivity index (χ3v) is 6.16. The fourth-order valence-corrected chi connectivity index (χ4v) is 4.91. The van der Waals surface area contributed by atoms with Crippen LogP contribution in [0.25, 0.3) is 0 Å². The molecule has 0 spiro atoms. The van der Waals surface area contributed by atoms with Gasteiger partial charge < -0.3 is 5.32 Å². The molecule has 0 saturated heterocycles. The van der Waals surface area contributed by atoms with E-state index < -0.39 is 0 Å². The van der Waals surface area contributed by atoms with Crippen molar-refractivity contribution in [3.63, 3.8) is 0 Å². The molecule has 1 aromatic rings. The Labute approximate surface area is 129 Å². The van der Waals surface area contributed by atoms with Crippen LogP contribution in [-0.4, -0.2) is 6.04 Å². The van der Waals surface area contributed by atoms with Crippen molar-refractivity contribution < 1.29 is 0 Å². The van der Waals surface area contributed by atoms with Crippen molar-refractivity contribution in [2.75, 3.05) is 5.32 Å². The summed E-state index contributed by atoms with van der Waals surface area (Å²) in [5, 5.41) is 13.0. The molecule has 2 aliphatic carbocycles. The molecular weight excluding hydrogens is 312 g/mol. The van der Waals surface area contributed by atoms with Gasteiger partial charge in [0, 0.05) is 10.5 Å². The van der Waals surface area contributed by atoms with Crippen molar-refractivity contribution in [3.8, 4) is 6.07 Å². The van der Waals surface area contributed by atoms with Gasteiger partial charge in [-0.05, 0) is 54.2 Å². The minimum absolute atomic E-state index is 0.294. The van der Waals surface area contributed by atoms with Crippen molar-refractivity contribution in [2.45, 2.75) is 46.1 Å². The van der Waals surface area contributed by atoms with Crippen LogP contribution in [0.4, 0.5) is 5.69 Å². The summed E-state index contributed by atoms with van der Waals surface area (Å²) >= 11 is 3.51. The fourth-order valence-electron chi connectivity index (χ4n) is 4.55. The highest BCUT2D eigenvalue weighted by Gasteiger charge is 2.59. The molecule has 0 aliphatic heterocycles. The lowest BCUT2D eigenvalue weighted by Crippen LogP contribution is -2.45. The van der Waals surface area contributed by atoms with Gasteiger partial charge in [0.2, 0.25) is 0 Å². The molecule has 2 aliphatic rings. The molecule has 0 heterocycles. The number of hydrogen-bond acceptors (Lipinski definition) is 2. The third kappa shape index (κ3) is 1.97. The molecule has 1 N–H and O–H groups in total. The maximum atomic E-state index is 9.30. The summed E-state index contributed by atoms with van der Waals surface area (Å²) in [6.45, 7) is 7.16. The van der Waals surface area contributed by atoms with E-state index in [-0.39, 0.29) is 0 Å². The summed E-state index contributed by atoms with van der Waals surface area (Å²) in [4.78, 5) is 0. The molecule has 106 valence electrons. The predicted octanol–water partition coefficient (Wildman–Crippen LogP) is 4.95. The van der Waals surface area contributed by atoms with Gasteiger partial charge in [0.1, 0.15) is 6.07 Å². The topological polar surface area (TPSA) is 35.8 Å². The average Bonchev–Trinajstić information content (AvgIpc) is 2.86. The average molecular weight is 333 g/mol. The number of benzene rings is 1. The molecule has 2 fully saturated rings. The summed E-state index contributed by atoms with van der Waals surface area (Å²) in [5.74, 6) is 0.808. The molecule has 3 rings (SSSR count). The van der Waals surface area contributed by atoms with Crippen LogP contribution >= 0.6 is 15.9 Å². The zero-order chi connectivity index (χ0) is 14.5. The van der Waals surface area contributed by atoms with Crippen molar-refractivity contribution in [3.05, 3.63) is 28.2 Å². The second-order valence-corrected chi connectivity index (χ2v) is 8.21. The second-order valence-electron chi connectivity index (χ2n) is 7.29. The van der Waals surface area contributed by atoms with Gasteiger partial charge in [-0.2, -0.15) is 5.26 Å². The Hall–Kier alpha value is -1.01. The van der Waals surface area contributed by atoms with E-state index >= 15 is 0 Å². The second kappa shape index (κ2) is 4.49. The zero-order valence-electron chi connectivity index (χ0n) is 12.3. The Balaban J connectivity index is 1.96. The number of hydrogen-bond donors (Lipinski definition) is 1. The molecule has 1 aromatic carbocycles. The summed E-state index contributed by atoms with van der Waals surface area (Å²) < 4.78 is 1.02. The smallest absolute Gasteiger partial charge is 0.101 e. The molecule has 2 nitrogen and oxygen atoms in total. The van der Waals surface area contributed by atoms with E-state index in [1.807, 2.05) is 18.2 Å².